The summed E-state index contributed by atoms with van der Waals surface area (Å²) in [7, 11) is -3.31. The summed E-state index contributed by atoms with van der Waals surface area (Å²) in [4.78, 5) is 23.9. The molecule has 23 heavy (non-hydrogen) atoms. The lowest BCUT2D eigenvalue weighted by molar-refractivity contribution is 0.0846. The molecule has 0 atom stereocenters. The fourth-order valence-corrected chi connectivity index (χ4v) is 2.45. The second kappa shape index (κ2) is 6.62. The third-order valence-electron chi connectivity index (χ3n) is 3.15. The van der Waals surface area contributed by atoms with Crippen molar-refractivity contribution in [3.05, 3.63) is 65.2 Å². The highest BCUT2D eigenvalue weighted by atomic mass is 32.2. The molecule has 2 aromatic rings. The van der Waals surface area contributed by atoms with Crippen molar-refractivity contribution >= 4 is 21.7 Å². The molecule has 120 valence electrons. The second-order valence-electron chi connectivity index (χ2n) is 5.07. The number of nitrogens with one attached hydrogen (secondary N) is 2. The Morgan fingerprint density at radius 2 is 1.17 bits per heavy atom. The molecule has 0 fully saturated rings. The third kappa shape index (κ3) is 4.40. The number of aryl methyl sites for hydroxylation is 1. The van der Waals surface area contributed by atoms with Crippen molar-refractivity contribution < 1.29 is 18.0 Å². The van der Waals surface area contributed by atoms with Crippen LogP contribution in [-0.4, -0.2) is 26.5 Å². The van der Waals surface area contributed by atoms with Crippen LogP contribution in [0.5, 0.6) is 0 Å². The van der Waals surface area contributed by atoms with Crippen LogP contribution in [0.1, 0.15) is 26.3 Å². The predicted molar refractivity (Wildman–Crippen MR) is 85.7 cm³/mol. The molecule has 0 aliphatic rings. The summed E-state index contributed by atoms with van der Waals surface area (Å²) >= 11 is 0. The van der Waals surface area contributed by atoms with Crippen LogP contribution in [0.15, 0.2) is 53.4 Å². The maximum absolute atomic E-state index is 11.9. The second-order valence-corrected chi connectivity index (χ2v) is 7.09. The van der Waals surface area contributed by atoms with Crippen molar-refractivity contribution in [1.82, 2.24) is 10.9 Å². The summed E-state index contributed by atoms with van der Waals surface area (Å²) in [5.41, 5.74) is 6.27. The number of hydrogen-bond acceptors (Lipinski definition) is 4. The van der Waals surface area contributed by atoms with Gasteiger partial charge >= 0.3 is 0 Å². The third-order valence-corrected chi connectivity index (χ3v) is 4.28. The molecule has 6 nitrogen and oxygen atoms in total. The number of carbonyl (C=O) groups excluding carboxylic acids is 2. The first-order chi connectivity index (χ1) is 10.8. The number of sulfone groups is 1. The van der Waals surface area contributed by atoms with Crippen molar-refractivity contribution in [2.24, 2.45) is 0 Å². The van der Waals surface area contributed by atoms with Crippen LogP contribution in [0.4, 0.5) is 0 Å². The van der Waals surface area contributed by atoms with Crippen molar-refractivity contribution in [3.8, 4) is 0 Å². The zero-order valence-corrected chi connectivity index (χ0v) is 13.5. The van der Waals surface area contributed by atoms with Gasteiger partial charge in [-0.05, 0) is 43.3 Å². The minimum absolute atomic E-state index is 0.123. The molecule has 2 amide bonds. The molecule has 7 heteroatoms. The maximum Gasteiger partial charge on any atom is 0.269 e. The lowest BCUT2D eigenvalue weighted by Gasteiger charge is -2.08. The molecule has 2 rings (SSSR count). The molecule has 0 aliphatic carbocycles. The van der Waals surface area contributed by atoms with E-state index in [1.807, 2.05) is 6.92 Å². The Labute approximate surface area is 134 Å². The molecule has 0 saturated heterocycles. The highest BCUT2D eigenvalue weighted by Crippen LogP contribution is 2.10. The molecule has 0 aliphatic heterocycles. The summed E-state index contributed by atoms with van der Waals surface area (Å²) < 4.78 is 22.7. The Bertz CT molecular complexity index is 825. The summed E-state index contributed by atoms with van der Waals surface area (Å²) in [6.07, 6.45) is 1.09. The van der Waals surface area contributed by atoms with Crippen molar-refractivity contribution in [2.75, 3.05) is 6.26 Å². The van der Waals surface area contributed by atoms with E-state index in [-0.39, 0.29) is 10.5 Å². The smallest absolute Gasteiger partial charge is 0.267 e. The normalized spacial score (nSPS) is 10.9. The minimum Gasteiger partial charge on any atom is -0.267 e. The van der Waals surface area contributed by atoms with E-state index in [1.54, 1.807) is 24.3 Å². The van der Waals surface area contributed by atoms with Crippen LogP contribution in [0, 0.1) is 6.92 Å². The van der Waals surface area contributed by atoms with Crippen LogP contribution in [0.25, 0.3) is 0 Å². The Morgan fingerprint density at radius 1 is 0.783 bits per heavy atom. The van der Waals surface area contributed by atoms with Crippen molar-refractivity contribution in [2.45, 2.75) is 11.8 Å². The fraction of sp³-hybridized carbons (Fsp3) is 0.125. The quantitative estimate of drug-likeness (QED) is 0.833. The largest absolute Gasteiger partial charge is 0.269 e. The summed E-state index contributed by atoms with van der Waals surface area (Å²) in [6, 6.07) is 12.3. The van der Waals surface area contributed by atoms with E-state index in [1.165, 1.54) is 24.3 Å². The molecule has 0 spiro atoms. The van der Waals surface area contributed by atoms with E-state index in [0.717, 1.165) is 11.8 Å². The molecule has 2 N–H and O–H groups in total. The summed E-state index contributed by atoms with van der Waals surface area (Å²) in [5.74, 6) is -0.975. The fourth-order valence-electron chi connectivity index (χ4n) is 1.82. The number of hydrazine groups is 1. The van der Waals surface area contributed by atoms with Gasteiger partial charge in [0.2, 0.25) is 0 Å². The molecule has 0 radical (unpaired) electrons. The topological polar surface area (TPSA) is 92.3 Å². The zero-order chi connectivity index (χ0) is 17.0. The van der Waals surface area contributed by atoms with Gasteiger partial charge in [0.25, 0.3) is 11.8 Å². The van der Waals surface area contributed by atoms with Crippen LogP contribution in [0.2, 0.25) is 0 Å². The molecular formula is C16H16N2O4S. The summed E-state index contributed by atoms with van der Waals surface area (Å²) in [5, 5.41) is 0. The molecule has 0 bridgehead atoms. The highest BCUT2D eigenvalue weighted by Gasteiger charge is 2.11. The van der Waals surface area contributed by atoms with Gasteiger partial charge in [-0.3, -0.25) is 20.4 Å². The molecular weight excluding hydrogens is 316 g/mol. The van der Waals surface area contributed by atoms with E-state index in [2.05, 4.69) is 10.9 Å². The molecule has 0 saturated carbocycles. The predicted octanol–water partition coefficient (Wildman–Crippen LogP) is 1.47. The first-order valence-corrected chi connectivity index (χ1v) is 8.64. The highest BCUT2D eigenvalue weighted by molar-refractivity contribution is 7.90. The number of amides is 2. The maximum atomic E-state index is 11.9. The Balaban J connectivity index is 1.99. The van der Waals surface area contributed by atoms with Gasteiger partial charge in [-0.2, -0.15) is 0 Å². The molecule has 0 heterocycles. The monoisotopic (exact) mass is 332 g/mol. The SMILES string of the molecule is Cc1ccc(C(=O)NNC(=O)c2ccc(S(C)(=O)=O)cc2)cc1. The molecule has 0 aromatic heterocycles. The number of carbonyl (C=O) groups is 2. The van der Waals surface area contributed by atoms with E-state index >= 15 is 0 Å². The van der Waals surface area contributed by atoms with E-state index in [4.69, 9.17) is 0 Å². The van der Waals surface area contributed by atoms with Crippen molar-refractivity contribution in [1.29, 1.82) is 0 Å². The van der Waals surface area contributed by atoms with Gasteiger partial charge in [-0.1, -0.05) is 17.7 Å². The van der Waals surface area contributed by atoms with E-state index < -0.39 is 21.7 Å². The number of hydrogen-bond donors (Lipinski definition) is 2. The zero-order valence-electron chi connectivity index (χ0n) is 12.7. The standard InChI is InChI=1S/C16H16N2O4S/c1-11-3-5-12(6-4-11)15(19)17-18-16(20)13-7-9-14(10-8-13)23(2,21)22/h3-10H,1-2H3,(H,17,19)(H,18,20). The van der Waals surface area contributed by atoms with Gasteiger partial charge in [-0.15, -0.1) is 0 Å². The van der Waals surface area contributed by atoms with Gasteiger partial charge in [0.15, 0.2) is 9.84 Å². The first kappa shape index (κ1) is 16.7. The van der Waals surface area contributed by atoms with Gasteiger partial charge in [0.05, 0.1) is 4.90 Å². The molecule has 2 aromatic carbocycles. The van der Waals surface area contributed by atoms with Gasteiger partial charge < -0.3 is 0 Å². The van der Waals surface area contributed by atoms with E-state index in [9.17, 15) is 18.0 Å². The number of benzene rings is 2. The lowest BCUT2D eigenvalue weighted by atomic mass is 10.1. The van der Waals surface area contributed by atoms with Gasteiger partial charge in [0, 0.05) is 17.4 Å². The van der Waals surface area contributed by atoms with Crippen LogP contribution in [0.3, 0.4) is 0 Å². The lowest BCUT2D eigenvalue weighted by Crippen LogP contribution is -2.41. The van der Waals surface area contributed by atoms with E-state index in [0.29, 0.717) is 5.56 Å². The number of rotatable bonds is 3. The average molecular weight is 332 g/mol. The Hall–Kier alpha value is -2.67. The Kier molecular flexibility index (Phi) is 4.80. The van der Waals surface area contributed by atoms with Crippen LogP contribution < -0.4 is 10.9 Å². The van der Waals surface area contributed by atoms with Crippen LogP contribution in [-0.2, 0) is 9.84 Å². The average Bonchev–Trinajstić information content (AvgIpc) is 2.52. The summed E-state index contributed by atoms with van der Waals surface area (Å²) in [6.45, 7) is 1.91. The molecule has 0 unspecified atom stereocenters. The van der Waals surface area contributed by atoms with Gasteiger partial charge in [0.1, 0.15) is 0 Å². The van der Waals surface area contributed by atoms with Crippen molar-refractivity contribution in [3.63, 3.8) is 0 Å². The Morgan fingerprint density at radius 3 is 1.57 bits per heavy atom. The first-order valence-electron chi connectivity index (χ1n) is 6.75. The van der Waals surface area contributed by atoms with Crippen LogP contribution >= 0.6 is 0 Å². The minimum atomic E-state index is -3.31. The van der Waals surface area contributed by atoms with Gasteiger partial charge in [-0.25, -0.2) is 8.42 Å².